The van der Waals surface area contributed by atoms with Gasteiger partial charge in [-0.2, -0.15) is 0 Å². The topological polar surface area (TPSA) is 37.3 Å². The van der Waals surface area contributed by atoms with Crippen LogP contribution in [-0.2, 0) is 12.8 Å². The van der Waals surface area contributed by atoms with Gasteiger partial charge in [-0.3, -0.25) is 4.79 Å². The van der Waals surface area contributed by atoms with Crippen LogP contribution in [0.4, 0.5) is 0 Å². The third kappa shape index (κ3) is 3.38. The maximum absolute atomic E-state index is 12.0. The summed E-state index contributed by atoms with van der Waals surface area (Å²) in [5.41, 5.74) is 5.38. The summed E-state index contributed by atoms with van der Waals surface area (Å²) >= 11 is 0. The molecule has 0 aliphatic heterocycles. The molecule has 116 valence electrons. The molecule has 0 radical (unpaired) electrons. The van der Waals surface area contributed by atoms with Crippen molar-refractivity contribution in [2.45, 2.75) is 46.5 Å². The summed E-state index contributed by atoms with van der Waals surface area (Å²) in [7, 11) is 0. The zero-order valence-electron chi connectivity index (χ0n) is 13.6. The fourth-order valence-corrected chi connectivity index (χ4v) is 2.83. The highest BCUT2D eigenvalue weighted by Crippen LogP contribution is 2.32. The second kappa shape index (κ2) is 7.26. The highest BCUT2D eigenvalue weighted by atomic mass is 16.3. The minimum Gasteiger partial charge on any atom is -0.508 e. The number of ketones is 1. The van der Waals surface area contributed by atoms with Crippen molar-refractivity contribution >= 4 is 5.78 Å². The summed E-state index contributed by atoms with van der Waals surface area (Å²) in [4.78, 5) is 12.0. The van der Waals surface area contributed by atoms with E-state index in [1.165, 1.54) is 11.1 Å². The monoisotopic (exact) mass is 296 g/mol. The molecule has 0 aliphatic carbocycles. The van der Waals surface area contributed by atoms with Gasteiger partial charge in [0.2, 0.25) is 0 Å². The first-order valence-electron chi connectivity index (χ1n) is 8.09. The lowest BCUT2D eigenvalue weighted by Gasteiger charge is -2.15. The Balaban J connectivity index is 2.59. The minimum atomic E-state index is 0.176. The Labute approximate surface area is 132 Å². The molecule has 2 heteroatoms. The average molecular weight is 296 g/mol. The van der Waals surface area contributed by atoms with Gasteiger partial charge in [0.1, 0.15) is 5.75 Å². The number of aryl methyl sites for hydroxylation is 2. The van der Waals surface area contributed by atoms with Crippen molar-refractivity contribution in [3.8, 4) is 16.9 Å². The molecular formula is C20H24O2. The molecule has 0 fully saturated rings. The predicted molar refractivity (Wildman–Crippen MR) is 91.5 cm³/mol. The minimum absolute atomic E-state index is 0.176. The van der Waals surface area contributed by atoms with Gasteiger partial charge in [-0.15, -0.1) is 0 Å². The van der Waals surface area contributed by atoms with E-state index in [2.05, 4.69) is 13.8 Å². The molecule has 0 saturated heterocycles. The van der Waals surface area contributed by atoms with E-state index in [4.69, 9.17) is 0 Å². The van der Waals surface area contributed by atoms with Gasteiger partial charge in [0.25, 0.3) is 0 Å². The summed E-state index contributed by atoms with van der Waals surface area (Å²) < 4.78 is 0. The molecule has 2 aromatic rings. The molecular weight excluding hydrogens is 272 g/mol. The standard InChI is InChI=1S/C20H24O2/c1-4-7-15-12-16(20(22)6-3)9-11-18(15)19-13-17(21)10-8-14(19)5-2/h8-13,21H,4-7H2,1-3H3. The average Bonchev–Trinajstić information content (AvgIpc) is 2.54. The largest absolute Gasteiger partial charge is 0.508 e. The number of phenols is 1. The Kier molecular flexibility index (Phi) is 5.37. The number of benzene rings is 2. The molecule has 0 heterocycles. The van der Waals surface area contributed by atoms with Gasteiger partial charge < -0.3 is 5.11 Å². The van der Waals surface area contributed by atoms with Gasteiger partial charge in [0.15, 0.2) is 5.78 Å². The fourth-order valence-electron chi connectivity index (χ4n) is 2.83. The number of carbonyl (C=O) groups is 1. The fraction of sp³-hybridized carbons (Fsp3) is 0.350. The van der Waals surface area contributed by atoms with Gasteiger partial charge in [-0.25, -0.2) is 0 Å². The molecule has 0 amide bonds. The van der Waals surface area contributed by atoms with E-state index in [0.29, 0.717) is 6.42 Å². The van der Waals surface area contributed by atoms with E-state index in [9.17, 15) is 9.90 Å². The summed E-state index contributed by atoms with van der Waals surface area (Å²) in [5.74, 6) is 0.457. The van der Waals surface area contributed by atoms with Crippen molar-refractivity contribution in [2.24, 2.45) is 0 Å². The van der Waals surface area contributed by atoms with Crippen LogP contribution in [0.1, 0.15) is 55.1 Å². The van der Waals surface area contributed by atoms with E-state index in [0.717, 1.165) is 36.0 Å². The smallest absolute Gasteiger partial charge is 0.162 e. The van der Waals surface area contributed by atoms with Crippen molar-refractivity contribution in [2.75, 3.05) is 0 Å². The quantitative estimate of drug-likeness (QED) is 0.747. The number of Topliss-reactive ketones (excluding diaryl/α,β-unsaturated/α-hetero) is 1. The van der Waals surface area contributed by atoms with E-state index in [1.807, 2.05) is 37.3 Å². The summed E-state index contributed by atoms with van der Waals surface area (Å²) in [5, 5.41) is 9.84. The normalized spacial score (nSPS) is 10.7. The molecule has 1 N–H and O–H groups in total. The number of phenolic OH excluding ortho intramolecular Hbond substituents is 1. The Morgan fingerprint density at radius 2 is 1.73 bits per heavy atom. The summed E-state index contributed by atoms with van der Waals surface area (Å²) in [6.07, 6.45) is 3.39. The van der Waals surface area contributed by atoms with Crippen molar-refractivity contribution in [1.82, 2.24) is 0 Å². The zero-order chi connectivity index (χ0) is 16.1. The van der Waals surface area contributed by atoms with Crippen LogP contribution in [0.15, 0.2) is 36.4 Å². The van der Waals surface area contributed by atoms with Gasteiger partial charge in [-0.05, 0) is 53.3 Å². The van der Waals surface area contributed by atoms with Gasteiger partial charge >= 0.3 is 0 Å². The Bertz CT molecular complexity index is 671. The molecule has 0 saturated carbocycles. The van der Waals surface area contributed by atoms with E-state index < -0.39 is 0 Å². The number of rotatable bonds is 6. The number of aromatic hydroxyl groups is 1. The van der Waals surface area contributed by atoms with Crippen molar-refractivity contribution in [3.05, 3.63) is 53.1 Å². The van der Waals surface area contributed by atoms with Crippen molar-refractivity contribution < 1.29 is 9.90 Å². The molecule has 0 bridgehead atoms. The molecule has 0 aliphatic rings. The lowest BCUT2D eigenvalue weighted by molar-refractivity contribution is 0.0988. The third-order valence-corrected chi connectivity index (χ3v) is 4.03. The summed E-state index contributed by atoms with van der Waals surface area (Å²) in [6, 6.07) is 11.5. The molecule has 0 aromatic heterocycles. The Morgan fingerprint density at radius 3 is 2.36 bits per heavy atom. The maximum atomic E-state index is 12.0. The molecule has 2 nitrogen and oxygen atoms in total. The van der Waals surface area contributed by atoms with Crippen LogP contribution in [0.5, 0.6) is 5.75 Å². The molecule has 2 aromatic carbocycles. The third-order valence-electron chi connectivity index (χ3n) is 4.03. The highest BCUT2D eigenvalue weighted by molar-refractivity contribution is 5.96. The predicted octanol–water partition coefficient (Wildman–Crippen LogP) is 5.17. The Morgan fingerprint density at radius 1 is 0.955 bits per heavy atom. The second-order valence-corrected chi connectivity index (χ2v) is 5.59. The van der Waals surface area contributed by atoms with Crippen LogP contribution in [-0.4, -0.2) is 10.9 Å². The molecule has 22 heavy (non-hydrogen) atoms. The molecule has 0 unspecified atom stereocenters. The lowest BCUT2D eigenvalue weighted by Crippen LogP contribution is -2.00. The summed E-state index contributed by atoms with van der Waals surface area (Å²) in [6.45, 7) is 6.14. The number of carbonyl (C=O) groups excluding carboxylic acids is 1. The van der Waals surface area contributed by atoms with Gasteiger partial charge in [0.05, 0.1) is 0 Å². The first kappa shape index (κ1) is 16.3. The van der Waals surface area contributed by atoms with Crippen molar-refractivity contribution in [1.29, 1.82) is 0 Å². The van der Waals surface area contributed by atoms with E-state index in [1.54, 1.807) is 6.07 Å². The van der Waals surface area contributed by atoms with Gasteiger partial charge in [-0.1, -0.05) is 45.4 Å². The lowest BCUT2D eigenvalue weighted by atomic mass is 9.90. The van der Waals surface area contributed by atoms with E-state index >= 15 is 0 Å². The first-order chi connectivity index (χ1) is 10.6. The molecule has 2 rings (SSSR count). The van der Waals surface area contributed by atoms with Crippen LogP contribution in [0, 0.1) is 0 Å². The Hall–Kier alpha value is -2.09. The first-order valence-corrected chi connectivity index (χ1v) is 8.09. The van der Waals surface area contributed by atoms with Gasteiger partial charge in [0, 0.05) is 12.0 Å². The zero-order valence-corrected chi connectivity index (χ0v) is 13.6. The molecule has 0 spiro atoms. The van der Waals surface area contributed by atoms with Crippen LogP contribution < -0.4 is 0 Å². The highest BCUT2D eigenvalue weighted by Gasteiger charge is 2.12. The number of hydrogen-bond donors (Lipinski definition) is 1. The van der Waals surface area contributed by atoms with Crippen LogP contribution in [0.25, 0.3) is 11.1 Å². The second-order valence-electron chi connectivity index (χ2n) is 5.59. The SMILES string of the molecule is CCCc1cc(C(=O)CC)ccc1-c1cc(O)ccc1CC. The van der Waals surface area contributed by atoms with Crippen LogP contribution in [0.3, 0.4) is 0 Å². The molecule has 0 atom stereocenters. The maximum Gasteiger partial charge on any atom is 0.162 e. The van der Waals surface area contributed by atoms with E-state index in [-0.39, 0.29) is 11.5 Å². The van der Waals surface area contributed by atoms with Crippen LogP contribution >= 0.6 is 0 Å². The number of hydrogen-bond acceptors (Lipinski definition) is 2. The van der Waals surface area contributed by atoms with Crippen molar-refractivity contribution in [3.63, 3.8) is 0 Å². The van der Waals surface area contributed by atoms with Crippen LogP contribution in [0.2, 0.25) is 0 Å².